The molecule has 0 aliphatic rings. The fourth-order valence-electron chi connectivity index (χ4n) is 0.891. The molecular formula is C7H7ClN6S. The largest absolute Gasteiger partial charge is 0.339 e. The smallest absolute Gasteiger partial charge is 0.238 e. The van der Waals surface area contributed by atoms with Crippen molar-refractivity contribution in [2.24, 2.45) is 5.84 Å². The maximum absolute atomic E-state index is 5.91. The Morgan fingerprint density at radius 1 is 1.47 bits per heavy atom. The van der Waals surface area contributed by atoms with Gasteiger partial charge in [0.25, 0.3) is 0 Å². The Morgan fingerprint density at radius 2 is 2.33 bits per heavy atom. The number of nitrogen functional groups attached to an aromatic ring is 1. The number of aromatic amines is 1. The van der Waals surface area contributed by atoms with Crippen LogP contribution in [0.5, 0.6) is 0 Å². The summed E-state index contributed by atoms with van der Waals surface area (Å²) in [5.74, 6) is 5.50. The van der Waals surface area contributed by atoms with Gasteiger partial charge >= 0.3 is 0 Å². The lowest BCUT2D eigenvalue weighted by Gasteiger charge is -2.02. The second-order valence-electron chi connectivity index (χ2n) is 2.49. The van der Waals surface area contributed by atoms with E-state index >= 15 is 0 Å². The molecule has 8 heteroatoms. The first-order valence-electron chi connectivity index (χ1n) is 3.96. The number of hydrogen-bond acceptors (Lipinski definition) is 6. The van der Waals surface area contributed by atoms with Gasteiger partial charge in [-0.1, -0.05) is 11.6 Å². The minimum atomic E-state index is 0.313. The van der Waals surface area contributed by atoms with Crippen LogP contribution in [0, 0.1) is 0 Å². The van der Waals surface area contributed by atoms with Crippen LogP contribution in [0.3, 0.4) is 0 Å². The minimum absolute atomic E-state index is 0.313. The van der Waals surface area contributed by atoms with E-state index in [-0.39, 0.29) is 0 Å². The second-order valence-corrected chi connectivity index (χ2v) is 3.87. The lowest BCUT2D eigenvalue weighted by atomic mass is 10.7. The molecular weight excluding hydrogens is 236 g/mol. The third kappa shape index (κ3) is 2.38. The molecule has 0 aliphatic heterocycles. The Bertz CT molecular complexity index is 445. The minimum Gasteiger partial charge on any atom is -0.339 e. The molecule has 0 radical (unpaired) electrons. The summed E-state index contributed by atoms with van der Waals surface area (Å²) in [4.78, 5) is 14.9. The summed E-state index contributed by atoms with van der Waals surface area (Å²) in [6.45, 7) is 0. The average molecular weight is 243 g/mol. The van der Waals surface area contributed by atoms with Crippen molar-refractivity contribution >= 4 is 29.3 Å². The monoisotopic (exact) mass is 242 g/mol. The number of aromatic nitrogens is 4. The Hall–Kier alpha value is -1.31. The number of rotatable bonds is 3. The van der Waals surface area contributed by atoms with Gasteiger partial charge in [-0.05, 0) is 11.8 Å². The standard InChI is InChI=1S/C7H7ClN6S/c8-4-3-12-6(14-9)13-5(4)15-7-10-1-2-11-7/h1-3H,9H2,(H,10,11)(H,12,13,14). The van der Waals surface area contributed by atoms with E-state index in [2.05, 4.69) is 25.4 Å². The topological polar surface area (TPSA) is 92.5 Å². The van der Waals surface area contributed by atoms with Gasteiger partial charge in [0.2, 0.25) is 5.95 Å². The fourth-order valence-corrected chi connectivity index (χ4v) is 1.80. The van der Waals surface area contributed by atoms with Gasteiger partial charge in [0.15, 0.2) is 5.16 Å². The lowest BCUT2D eigenvalue weighted by Crippen LogP contribution is -2.10. The zero-order chi connectivity index (χ0) is 10.7. The van der Waals surface area contributed by atoms with Crippen LogP contribution in [-0.2, 0) is 0 Å². The van der Waals surface area contributed by atoms with Crippen LogP contribution in [0.4, 0.5) is 5.95 Å². The molecule has 0 spiro atoms. The zero-order valence-corrected chi connectivity index (χ0v) is 9.01. The average Bonchev–Trinajstić information content (AvgIpc) is 2.74. The molecule has 0 aromatic carbocycles. The van der Waals surface area contributed by atoms with E-state index in [1.807, 2.05) is 0 Å². The number of imidazole rings is 1. The molecule has 2 aromatic rings. The Kier molecular flexibility index (Phi) is 3.05. The number of hydrogen-bond donors (Lipinski definition) is 3. The van der Waals surface area contributed by atoms with E-state index in [0.717, 1.165) is 0 Å². The number of halogens is 1. The van der Waals surface area contributed by atoms with Crippen molar-refractivity contribution in [1.29, 1.82) is 0 Å². The van der Waals surface area contributed by atoms with Gasteiger partial charge in [-0.25, -0.2) is 20.8 Å². The van der Waals surface area contributed by atoms with Gasteiger partial charge in [-0.2, -0.15) is 0 Å². The highest BCUT2D eigenvalue weighted by molar-refractivity contribution is 7.99. The molecule has 4 N–H and O–H groups in total. The van der Waals surface area contributed by atoms with Crippen molar-refractivity contribution in [2.45, 2.75) is 10.2 Å². The van der Waals surface area contributed by atoms with Crippen LogP contribution in [0.1, 0.15) is 0 Å². The summed E-state index contributed by atoms with van der Waals surface area (Å²) in [7, 11) is 0. The summed E-state index contributed by atoms with van der Waals surface area (Å²) in [5.41, 5.74) is 2.35. The van der Waals surface area contributed by atoms with Crippen LogP contribution >= 0.6 is 23.4 Å². The normalized spacial score (nSPS) is 10.3. The highest BCUT2D eigenvalue weighted by atomic mass is 35.5. The summed E-state index contributed by atoms with van der Waals surface area (Å²) in [6.07, 6.45) is 4.86. The predicted octanol–water partition coefficient (Wildman–Crippen LogP) is 1.29. The molecule has 0 saturated heterocycles. The van der Waals surface area contributed by atoms with Crippen molar-refractivity contribution in [3.05, 3.63) is 23.6 Å². The van der Waals surface area contributed by atoms with E-state index in [9.17, 15) is 0 Å². The molecule has 0 atom stereocenters. The summed E-state index contributed by atoms with van der Waals surface area (Å²) in [6, 6.07) is 0. The van der Waals surface area contributed by atoms with Crippen molar-refractivity contribution in [3.8, 4) is 0 Å². The maximum atomic E-state index is 5.91. The van der Waals surface area contributed by atoms with E-state index in [1.54, 1.807) is 12.4 Å². The molecule has 0 unspecified atom stereocenters. The molecule has 78 valence electrons. The van der Waals surface area contributed by atoms with Gasteiger partial charge in [0.1, 0.15) is 5.03 Å². The number of anilines is 1. The molecule has 2 aromatic heterocycles. The quantitative estimate of drug-likeness (QED) is 0.427. The zero-order valence-electron chi connectivity index (χ0n) is 7.44. The molecule has 0 bridgehead atoms. The van der Waals surface area contributed by atoms with Gasteiger partial charge in [-0.15, -0.1) is 0 Å². The molecule has 0 aliphatic carbocycles. The van der Waals surface area contributed by atoms with Crippen LogP contribution in [0.2, 0.25) is 5.02 Å². The number of nitrogens with one attached hydrogen (secondary N) is 2. The molecule has 2 heterocycles. The Balaban J connectivity index is 2.27. The first-order valence-corrected chi connectivity index (χ1v) is 5.15. The lowest BCUT2D eigenvalue weighted by molar-refractivity contribution is 1.01. The summed E-state index contributed by atoms with van der Waals surface area (Å²) >= 11 is 7.22. The molecule has 15 heavy (non-hydrogen) atoms. The molecule has 0 saturated carbocycles. The third-order valence-corrected chi connectivity index (χ3v) is 2.82. The third-order valence-electron chi connectivity index (χ3n) is 1.51. The van der Waals surface area contributed by atoms with Gasteiger partial charge in [0.05, 0.1) is 11.2 Å². The summed E-state index contributed by atoms with van der Waals surface area (Å²) < 4.78 is 0. The molecule has 2 rings (SSSR count). The fraction of sp³-hybridized carbons (Fsp3) is 0. The van der Waals surface area contributed by atoms with Crippen LogP contribution in [-0.4, -0.2) is 19.9 Å². The van der Waals surface area contributed by atoms with Crippen molar-refractivity contribution in [1.82, 2.24) is 19.9 Å². The summed E-state index contributed by atoms with van der Waals surface area (Å²) in [5, 5.41) is 1.75. The Morgan fingerprint density at radius 3 is 3.00 bits per heavy atom. The van der Waals surface area contributed by atoms with E-state index < -0.39 is 0 Å². The van der Waals surface area contributed by atoms with Crippen LogP contribution in [0.15, 0.2) is 28.8 Å². The van der Waals surface area contributed by atoms with Crippen molar-refractivity contribution < 1.29 is 0 Å². The van der Waals surface area contributed by atoms with E-state index in [1.165, 1.54) is 18.0 Å². The molecule has 0 amide bonds. The number of nitrogens with zero attached hydrogens (tertiary/aromatic N) is 3. The first kappa shape index (κ1) is 10.2. The Labute approximate surface area is 94.6 Å². The van der Waals surface area contributed by atoms with Crippen LogP contribution in [0.25, 0.3) is 0 Å². The van der Waals surface area contributed by atoms with Gasteiger partial charge in [0, 0.05) is 12.4 Å². The highest BCUT2D eigenvalue weighted by Crippen LogP contribution is 2.29. The van der Waals surface area contributed by atoms with Crippen molar-refractivity contribution in [3.63, 3.8) is 0 Å². The number of nitrogens with two attached hydrogens (primary N) is 1. The second kappa shape index (κ2) is 4.47. The van der Waals surface area contributed by atoms with Crippen LogP contribution < -0.4 is 11.3 Å². The van der Waals surface area contributed by atoms with E-state index in [4.69, 9.17) is 17.4 Å². The molecule has 0 fully saturated rings. The SMILES string of the molecule is NNc1ncc(Cl)c(Sc2ncc[nH]2)n1. The first-order chi connectivity index (χ1) is 7.29. The number of H-pyrrole nitrogens is 1. The predicted molar refractivity (Wildman–Crippen MR) is 57.6 cm³/mol. The molecule has 6 nitrogen and oxygen atoms in total. The maximum Gasteiger partial charge on any atom is 0.238 e. The van der Waals surface area contributed by atoms with E-state index in [0.29, 0.717) is 21.2 Å². The van der Waals surface area contributed by atoms with Crippen molar-refractivity contribution in [2.75, 3.05) is 5.43 Å². The number of hydrazine groups is 1. The van der Waals surface area contributed by atoms with Gasteiger partial charge < -0.3 is 4.98 Å². The highest BCUT2D eigenvalue weighted by Gasteiger charge is 2.07. The van der Waals surface area contributed by atoms with Gasteiger partial charge in [-0.3, -0.25) is 5.43 Å².